The molecule has 0 spiro atoms. The summed E-state index contributed by atoms with van der Waals surface area (Å²) in [5.41, 5.74) is 1.26. The van der Waals surface area contributed by atoms with Crippen LogP contribution in [0.4, 0.5) is 0 Å². The predicted molar refractivity (Wildman–Crippen MR) is 76.0 cm³/mol. The second kappa shape index (κ2) is 7.16. The zero-order valence-corrected chi connectivity index (χ0v) is 12.1. The Morgan fingerprint density at radius 3 is 3.17 bits per heavy atom. The number of nitrogens with zero attached hydrogens (tertiary/aromatic N) is 2. The first-order valence-electron chi connectivity index (χ1n) is 6.81. The number of likely N-dealkylation sites (N-methyl/N-ethyl adjacent to an activating group) is 1. The van der Waals surface area contributed by atoms with E-state index in [1.54, 1.807) is 0 Å². The smallest absolute Gasteiger partial charge is 0.0875 e. The SMILES string of the molecule is CCCn1nccc1C(NCC)C1CSCCO1. The highest BCUT2D eigenvalue weighted by atomic mass is 32.2. The summed E-state index contributed by atoms with van der Waals surface area (Å²) in [5.74, 6) is 2.18. The fourth-order valence-electron chi connectivity index (χ4n) is 2.35. The number of ether oxygens (including phenoxy) is 1. The van der Waals surface area contributed by atoms with Crippen molar-refractivity contribution in [2.75, 3.05) is 24.7 Å². The van der Waals surface area contributed by atoms with Gasteiger partial charge in [0.2, 0.25) is 0 Å². The van der Waals surface area contributed by atoms with Crippen LogP contribution in [0.3, 0.4) is 0 Å². The molecule has 0 bridgehead atoms. The highest BCUT2D eigenvalue weighted by Crippen LogP contribution is 2.25. The van der Waals surface area contributed by atoms with Gasteiger partial charge in [0, 0.05) is 24.2 Å². The Balaban J connectivity index is 2.14. The van der Waals surface area contributed by atoms with Gasteiger partial charge >= 0.3 is 0 Å². The van der Waals surface area contributed by atoms with E-state index in [1.807, 2.05) is 18.0 Å². The standard InChI is InChI=1S/C13H23N3OS/c1-3-7-16-11(5-6-15-16)13(14-4-2)12-10-18-9-8-17-12/h5-6,12-14H,3-4,7-10H2,1-2H3. The van der Waals surface area contributed by atoms with Crippen LogP contribution in [-0.4, -0.2) is 40.5 Å². The third kappa shape index (κ3) is 3.28. The molecule has 1 fully saturated rings. The zero-order valence-electron chi connectivity index (χ0n) is 11.3. The maximum atomic E-state index is 5.93. The van der Waals surface area contributed by atoms with Crippen molar-refractivity contribution in [3.63, 3.8) is 0 Å². The molecule has 1 aromatic rings. The molecule has 0 amide bonds. The molecule has 5 heteroatoms. The van der Waals surface area contributed by atoms with Crippen molar-refractivity contribution in [1.29, 1.82) is 0 Å². The average molecular weight is 269 g/mol. The Kier molecular flexibility index (Phi) is 5.53. The first-order chi connectivity index (χ1) is 8.86. The molecular weight excluding hydrogens is 246 g/mol. The lowest BCUT2D eigenvalue weighted by atomic mass is 10.1. The van der Waals surface area contributed by atoms with E-state index in [-0.39, 0.29) is 12.1 Å². The molecule has 102 valence electrons. The van der Waals surface area contributed by atoms with E-state index in [0.29, 0.717) is 0 Å². The summed E-state index contributed by atoms with van der Waals surface area (Å²) >= 11 is 1.98. The van der Waals surface area contributed by atoms with E-state index < -0.39 is 0 Å². The molecule has 0 aliphatic carbocycles. The molecule has 0 saturated carbocycles. The van der Waals surface area contributed by atoms with Crippen LogP contribution in [0, 0.1) is 0 Å². The lowest BCUT2D eigenvalue weighted by molar-refractivity contribution is 0.0448. The van der Waals surface area contributed by atoms with Crippen molar-refractivity contribution in [2.24, 2.45) is 0 Å². The van der Waals surface area contributed by atoms with Crippen LogP contribution < -0.4 is 5.32 Å². The van der Waals surface area contributed by atoms with E-state index in [2.05, 4.69) is 35.0 Å². The Morgan fingerprint density at radius 2 is 2.50 bits per heavy atom. The van der Waals surface area contributed by atoms with Gasteiger partial charge in [-0.05, 0) is 19.0 Å². The van der Waals surface area contributed by atoms with Gasteiger partial charge in [-0.25, -0.2) is 0 Å². The summed E-state index contributed by atoms with van der Waals surface area (Å²) in [5, 5.41) is 7.97. The topological polar surface area (TPSA) is 39.1 Å². The zero-order chi connectivity index (χ0) is 12.8. The summed E-state index contributed by atoms with van der Waals surface area (Å²) in [6, 6.07) is 2.38. The Bertz CT molecular complexity index is 350. The molecule has 18 heavy (non-hydrogen) atoms. The molecule has 0 aromatic carbocycles. The molecule has 1 aliphatic rings. The van der Waals surface area contributed by atoms with Gasteiger partial charge in [-0.15, -0.1) is 0 Å². The van der Waals surface area contributed by atoms with Crippen molar-refractivity contribution in [1.82, 2.24) is 15.1 Å². The van der Waals surface area contributed by atoms with Crippen molar-refractivity contribution in [2.45, 2.75) is 39.0 Å². The van der Waals surface area contributed by atoms with Gasteiger partial charge in [0.25, 0.3) is 0 Å². The number of hydrogen-bond donors (Lipinski definition) is 1. The monoisotopic (exact) mass is 269 g/mol. The van der Waals surface area contributed by atoms with E-state index in [4.69, 9.17) is 4.74 Å². The molecule has 1 aliphatic heterocycles. The number of hydrogen-bond acceptors (Lipinski definition) is 4. The summed E-state index contributed by atoms with van der Waals surface area (Å²) in [7, 11) is 0. The maximum Gasteiger partial charge on any atom is 0.0875 e. The van der Waals surface area contributed by atoms with Crippen LogP contribution >= 0.6 is 11.8 Å². The van der Waals surface area contributed by atoms with Gasteiger partial charge in [-0.2, -0.15) is 16.9 Å². The molecule has 1 aromatic heterocycles. The van der Waals surface area contributed by atoms with E-state index in [9.17, 15) is 0 Å². The van der Waals surface area contributed by atoms with Gasteiger partial charge < -0.3 is 10.1 Å². The van der Waals surface area contributed by atoms with Crippen molar-refractivity contribution in [3.05, 3.63) is 18.0 Å². The Hall–Kier alpha value is -0.520. The fraction of sp³-hybridized carbons (Fsp3) is 0.769. The molecule has 2 heterocycles. The summed E-state index contributed by atoms with van der Waals surface area (Å²) in [6.07, 6.45) is 3.26. The molecular formula is C13H23N3OS. The number of thioether (sulfide) groups is 1. The Labute approximate surface area is 113 Å². The molecule has 2 unspecified atom stereocenters. The van der Waals surface area contributed by atoms with Crippen molar-refractivity contribution in [3.8, 4) is 0 Å². The van der Waals surface area contributed by atoms with E-state index in [1.165, 1.54) is 5.69 Å². The third-order valence-corrected chi connectivity index (χ3v) is 4.16. The van der Waals surface area contributed by atoms with Crippen LogP contribution in [0.1, 0.15) is 32.0 Å². The van der Waals surface area contributed by atoms with E-state index in [0.717, 1.165) is 37.6 Å². The number of nitrogens with one attached hydrogen (secondary N) is 1. The highest BCUT2D eigenvalue weighted by Gasteiger charge is 2.27. The molecule has 1 N–H and O–H groups in total. The minimum Gasteiger partial charge on any atom is -0.374 e. The summed E-state index contributed by atoms with van der Waals surface area (Å²) in [4.78, 5) is 0. The van der Waals surface area contributed by atoms with Gasteiger partial charge in [0.1, 0.15) is 0 Å². The number of rotatable bonds is 6. The van der Waals surface area contributed by atoms with Crippen molar-refractivity contribution < 1.29 is 4.74 Å². The van der Waals surface area contributed by atoms with Gasteiger partial charge in [0.15, 0.2) is 0 Å². The quantitative estimate of drug-likeness (QED) is 0.858. The van der Waals surface area contributed by atoms with E-state index >= 15 is 0 Å². The van der Waals surface area contributed by atoms with Crippen LogP contribution in [0.25, 0.3) is 0 Å². The summed E-state index contributed by atoms with van der Waals surface area (Å²) < 4.78 is 8.03. The van der Waals surface area contributed by atoms with Crippen LogP contribution in [0.5, 0.6) is 0 Å². The molecule has 0 radical (unpaired) electrons. The second-order valence-electron chi connectivity index (χ2n) is 4.50. The summed E-state index contributed by atoms with van der Waals surface area (Å²) in [6.45, 7) is 7.11. The molecule has 1 saturated heterocycles. The van der Waals surface area contributed by atoms with Crippen LogP contribution in [0.15, 0.2) is 12.3 Å². The average Bonchev–Trinajstić information content (AvgIpc) is 2.85. The fourth-order valence-corrected chi connectivity index (χ4v) is 3.25. The van der Waals surface area contributed by atoms with Crippen molar-refractivity contribution >= 4 is 11.8 Å². The first kappa shape index (κ1) is 13.9. The third-order valence-electron chi connectivity index (χ3n) is 3.14. The Morgan fingerprint density at radius 1 is 1.61 bits per heavy atom. The highest BCUT2D eigenvalue weighted by molar-refractivity contribution is 7.99. The van der Waals surface area contributed by atoms with Gasteiger partial charge in [-0.1, -0.05) is 13.8 Å². The molecule has 4 nitrogen and oxygen atoms in total. The lowest BCUT2D eigenvalue weighted by Crippen LogP contribution is -2.39. The predicted octanol–water partition coefficient (Wildman–Crippen LogP) is 2.08. The maximum absolute atomic E-state index is 5.93. The number of aryl methyl sites for hydroxylation is 1. The van der Waals surface area contributed by atoms with Crippen LogP contribution in [0.2, 0.25) is 0 Å². The second-order valence-corrected chi connectivity index (χ2v) is 5.65. The largest absolute Gasteiger partial charge is 0.374 e. The normalized spacial score (nSPS) is 22.0. The van der Waals surface area contributed by atoms with Gasteiger partial charge in [0.05, 0.1) is 24.4 Å². The molecule has 2 atom stereocenters. The number of aromatic nitrogens is 2. The minimum atomic E-state index is 0.260. The molecule has 2 rings (SSSR count). The first-order valence-corrected chi connectivity index (χ1v) is 7.96. The van der Waals surface area contributed by atoms with Gasteiger partial charge in [-0.3, -0.25) is 4.68 Å². The minimum absolute atomic E-state index is 0.260. The lowest BCUT2D eigenvalue weighted by Gasteiger charge is -2.31. The van der Waals surface area contributed by atoms with Crippen LogP contribution in [-0.2, 0) is 11.3 Å².